The maximum absolute atomic E-state index is 11.3. The van der Waals surface area contributed by atoms with Gasteiger partial charge in [-0.1, -0.05) is 30.3 Å². The van der Waals surface area contributed by atoms with Gasteiger partial charge in [-0.2, -0.15) is 0 Å². The molecule has 1 aliphatic rings. The number of esters is 1. The van der Waals surface area contributed by atoms with Gasteiger partial charge in [-0.15, -0.1) is 0 Å². The fourth-order valence-corrected chi connectivity index (χ4v) is 2.66. The Morgan fingerprint density at radius 3 is 2.84 bits per heavy atom. The highest BCUT2D eigenvalue weighted by Gasteiger charge is 2.12. The van der Waals surface area contributed by atoms with Gasteiger partial charge in [0.25, 0.3) is 0 Å². The van der Waals surface area contributed by atoms with Crippen molar-refractivity contribution in [2.24, 2.45) is 0 Å². The maximum Gasteiger partial charge on any atom is 0.308 e. The number of hydrogen-bond acceptors (Lipinski definition) is 5. The lowest BCUT2D eigenvalue weighted by Gasteiger charge is -2.06. The number of nitrogens with zero attached hydrogens (tertiary/aromatic N) is 1. The molecule has 2 aromatic carbocycles. The molecule has 0 bridgehead atoms. The summed E-state index contributed by atoms with van der Waals surface area (Å²) in [7, 11) is 0. The number of pyridine rings is 1. The Hall–Kier alpha value is -3.34. The van der Waals surface area contributed by atoms with E-state index in [1.807, 2.05) is 54.6 Å². The van der Waals surface area contributed by atoms with E-state index in [4.69, 9.17) is 14.2 Å². The van der Waals surface area contributed by atoms with Crippen LogP contribution in [0.5, 0.6) is 17.2 Å². The fourth-order valence-electron chi connectivity index (χ4n) is 2.66. The van der Waals surface area contributed by atoms with Gasteiger partial charge in [0, 0.05) is 12.3 Å². The lowest BCUT2D eigenvalue weighted by atomic mass is 10.1. The van der Waals surface area contributed by atoms with Gasteiger partial charge in [0.1, 0.15) is 5.52 Å². The molecule has 0 atom stereocenters. The van der Waals surface area contributed by atoms with Crippen molar-refractivity contribution in [1.29, 1.82) is 0 Å². The summed E-state index contributed by atoms with van der Waals surface area (Å²) in [5, 5.41) is 0.916. The van der Waals surface area contributed by atoms with Crippen molar-refractivity contribution in [2.45, 2.75) is 6.92 Å². The van der Waals surface area contributed by atoms with Crippen LogP contribution in [-0.2, 0) is 4.79 Å². The summed E-state index contributed by atoms with van der Waals surface area (Å²) in [6.07, 6.45) is 3.85. The normalized spacial score (nSPS) is 12.7. The molecule has 1 aromatic heterocycles. The predicted molar refractivity (Wildman–Crippen MR) is 94.5 cm³/mol. The van der Waals surface area contributed by atoms with Crippen LogP contribution >= 0.6 is 0 Å². The second kappa shape index (κ2) is 6.28. The first-order valence-corrected chi connectivity index (χ1v) is 7.85. The Kier molecular flexibility index (Phi) is 3.82. The van der Waals surface area contributed by atoms with Crippen molar-refractivity contribution in [2.75, 3.05) is 6.79 Å². The lowest BCUT2D eigenvalue weighted by Crippen LogP contribution is -2.02. The molecule has 0 spiro atoms. The molecule has 0 saturated carbocycles. The standard InChI is InChI=1S/C20H15NO4/c1-13(22)25-18-4-2-3-15-7-9-16(21-20(15)18)8-5-14-6-10-17-19(11-14)24-12-23-17/h2-11H,12H2,1H3/b8-5+. The van der Waals surface area contributed by atoms with Crippen LogP contribution in [0, 0.1) is 0 Å². The molecule has 2 heterocycles. The number of rotatable bonds is 3. The summed E-state index contributed by atoms with van der Waals surface area (Å²) >= 11 is 0. The highest BCUT2D eigenvalue weighted by molar-refractivity contribution is 5.88. The van der Waals surface area contributed by atoms with E-state index >= 15 is 0 Å². The van der Waals surface area contributed by atoms with Crippen LogP contribution in [0.4, 0.5) is 0 Å². The van der Waals surface area contributed by atoms with E-state index in [1.54, 1.807) is 6.07 Å². The van der Waals surface area contributed by atoms with Crippen LogP contribution in [0.2, 0.25) is 0 Å². The number of benzene rings is 2. The molecule has 0 fully saturated rings. The minimum absolute atomic E-state index is 0.258. The Labute approximate surface area is 144 Å². The lowest BCUT2D eigenvalue weighted by molar-refractivity contribution is -0.131. The second-order valence-corrected chi connectivity index (χ2v) is 5.60. The molecular formula is C20H15NO4. The van der Waals surface area contributed by atoms with Crippen molar-refractivity contribution >= 4 is 29.0 Å². The molecule has 5 nitrogen and oxygen atoms in total. The number of fused-ring (bicyclic) bond motifs is 2. The topological polar surface area (TPSA) is 57.7 Å². The minimum atomic E-state index is -0.365. The van der Waals surface area contributed by atoms with Gasteiger partial charge in [-0.3, -0.25) is 4.79 Å². The molecule has 1 aliphatic heterocycles. The molecule has 3 aromatic rings. The van der Waals surface area contributed by atoms with Gasteiger partial charge < -0.3 is 14.2 Å². The van der Waals surface area contributed by atoms with Crippen molar-refractivity contribution in [1.82, 2.24) is 4.98 Å². The predicted octanol–water partition coefficient (Wildman–Crippen LogP) is 4.06. The minimum Gasteiger partial charge on any atom is -0.454 e. The average molecular weight is 333 g/mol. The maximum atomic E-state index is 11.3. The first-order valence-electron chi connectivity index (χ1n) is 7.85. The molecule has 0 saturated heterocycles. The van der Waals surface area contributed by atoms with E-state index in [-0.39, 0.29) is 12.8 Å². The Balaban J connectivity index is 1.66. The highest BCUT2D eigenvalue weighted by atomic mass is 16.7. The molecule has 0 unspecified atom stereocenters. The van der Waals surface area contributed by atoms with Gasteiger partial charge in [-0.05, 0) is 35.9 Å². The molecule has 0 aliphatic carbocycles. The SMILES string of the molecule is CC(=O)Oc1cccc2ccc(/C=C/c3ccc4c(c3)OCO4)nc12. The Morgan fingerprint density at radius 1 is 1.08 bits per heavy atom. The summed E-state index contributed by atoms with van der Waals surface area (Å²) in [4.78, 5) is 15.9. The number of ether oxygens (including phenoxy) is 3. The van der Waals surface area contributed by atoms with Crippen molar-refractivity contribution in [3.05, 3.63) is 59.8 Å². The van der Waals surface area contributed by atoms with Crippen LogP contribution in [0.25, 0.3) is 23.1 Å². The van der Waals surface area contributed by atoms with Gasteiger partial charge in [0.15, 0.2) is 17.2 Å². The van der Waals surface area contributed by atoms with Crippen LogP contribution in [0.15, 0.2) is 48.5 Å². The van der Waals surface area contributed by atoms with Gasteiger partial charge >= 0.3 is 5.97 Å². The van der Waals surface area contributed by atoms with E-state index < -0.39 is 0 Å². The van der Waals surface area contributed by atoms with E-state index in [9.17, 15) is 4.79 Å². The summed E-state index contributed by atoms with van der Waals surface area (Å²) in [6, 6.07) is 15.1. The highest BCUT2D eigenvalue weighted by Crippen LogP contribution is 2.33. The zero-order valence-electron chi connectivity index (χ0n) is 13.6. The van der Waals surface area contributed by atoms with E-state index in [0.717, 1.165) is 28.1 Å². The number of para-hydroxylation sites is 1. The second-order valence-electron chi connectivity index (χ2n) is 5.60. The van der Waals surface area contributed by atoms with E-state index in [1.165, 1.54) is 6.92 Å². The Morgan fingerprint density at radius 2 is 1.96 bits per heavy atom. The summed E-state index contributed by atoms with van der Waals surface area (Å²) in [5.74, 6) is 1.59. The molecule has 0 amide bonds. The third kappa shape index (κ3) is 3.17. The van der Waals surface area contributed by atoms with Crippen molar-refractivity contribution in [3.8, 4) is 17.2 Å². The third-order valence-electron chi connectivity index (χ3n) is 3.80. The van der Waals surface area contributed by atoms with Crippen LogP contribution in [-0.4, -0.2) is 17.7 Å². The molecule has 0 radical (unpaired) electrons. The van der Waals surface area contributed by atoms with E-state index in [0.29, 0.717) is 11.3 Å². The smallest absolute Gasteiger partial charge is 0.308 e. The molecular weight excluding hydrogens is 318 g/mol. The van der Waals surface area contributed by atoms with Gasteiger partial charge in [-0.25, -0.2) is 4.98 Å². The number of carbonyl (C=O) groups excluding carboxylic acids is 1. The van der Waals surface area contributed by atoms with Crippen molar-refractivity contribution in [3.63, 3.8) is 0 Å². The summed E-state index contributed by atoms with van der Waals surface area (Å²) < 4.78 is 15.9. The largest absolute Gasteiger partial charge is 0.454 e. The molecule has 0 N–H and O–H groups in total. The van der Waals surface area contributed by atoms with Gasteiger partial charge in [0.2, 0.25) is 6.79 Å². The van der Waals surface area contributed by atoms with Crippen molar-refractivity contribution < 1.29 is 19.0 Å². The number of carbonyl (C=O) groups is 1. The summed E-state index contributed by atoms with van der Waals surface area (Å²) in [5.41, 5.74) is 2.41. The van der Waals surface area contributed by atoms with Crippen LogP contribution in [0.1, 0.15) is 18.2 Å². The Bertz CT molecular complexity index is 994. The summed E-state index contributed by atoms with van der Waals surface area (Å²) in [6.45, 7) is 1.63. The van der Waals surface area contributed by atoms with Gasteiger partial charge in [0.05, 0.1) is 5.69 Å². The monoisotopic (exact) mass is 333 g/mol. The zero-order chi connectivity index (χ0) is 17.2. The average Bonchev–Trinajstić information content (AvgIpc) is 3.07. The number of aromatic nitrogens is 1. The first kappa shape index (κ1) is 15.2. The quantitative estimate of drug-likeness (QED) is 0.534. The number of hydrogen-bond donors (Lipinski definition) is 0. The molecule has 124 valence electrons. The fraction of sp³-hybridized carbons (Fsp3) is 0.100. The van der Waals surface area contributed by atoms with Crippen LogP contribution < -0.4 is 14.2 Å². The first-order chi connectivity index (χ1) is 12.2. The van der Waals surface area contributed by atoms with Crippen LogP contribution in [0.3, 0.4) is 0 Å². The molecule has 25 heavy (non-hydrogen) atoms. The van der Waals surface area contributed by atoms with E-state index in [2.05, 4.69) is 4.98 Å². The third-order valence-corrected chi connectivity index (χ3v) is 3.80. The molecule has 5 heteroatoms. The zero-order valence-corrected chi connectivity index (χ0v) is 13.6. The molecule has 4 rings (SSSR count).